The van der Waals surface area contributed by atoms with Crippen LogP contribution in [0.3, 0.4) is 0 Å². The number of hydrogen-bond acceptors (Lipinski definition) is 2. The topological polar surface area (TPSA) is 8.17 Å². The molecule has 0 spiro atoms. The summed E-state index contributed by atoms with van der Waals surface area (Å²) in [7, 11) is 0. The van der Waals surface area contributed by atoms with Crippen LogP contribution in [0.2, 0.25) is 0 Å². The number of rotatable bonds is 5. The van der Waals surface area contributed by atoms with Crippen LogP contribution < -0.4 is 4.90 Å². The van der Waals surface area contributed by atoms with Crippen LogP contribution in [0.25, 0.3) is 69.6 Å². The van der Waals surface area contributed by atoms with Crippen molar-refractivity contribution >= 4 is 81.1 Å². The summed E-state index contributed by atoms with van der Waals surface area (Å²) in [5.41, 5.74) is 9.30. The highest BCUT2D eigenvalue weighted by atomic mass is 32.1. The molecule has 10 rings (SSSR count). The van der Waals surface area contributed by atoms with Crippen molar-refractivity contribution in [1.29, 1.82) is 0 Å². The Hall–Kier alpha value is -6.16. The van der Waals surface area contributed by atoms with Crippen molar-refractivity contribution in [2.24, 2.45) is 0 Å². The average Bonchev–Trinajstić information content (AvgIpc) is 3.71. The predicted octanol–water partition coefficient (Wildman–Crippen LogP) is 13.4. The lowest BCUT2D eigenvalue weighted by atomic mass is 10.0. The zero-order valence-electron chi connectivity index (χ0n) is 26.6. The van der Waals surface area contributed by atoms with Gasteiger partial charge in [0.25, 0.3) is 0 Å². The molecule has 0 aliphatic carbocycles. The Morgan fingerprint density at radius 2 is 1.08 bits per heavy atom. The van der Waals surface area contributed by atoms with E-state index in [2.05, 4.69) is 191 Å². The van der Waals surface area contributed by atoms with Gasteiger partial charge in [0.15, 0.2) is 0 Å². The first-order chi connectivity index (χ1) is 24.3. The lowest BCUT2D eigenvalue weighted by molar-refractivity contribution is 1.17. The van der Waals surface area contributed by atoms with Gasteiger partial charge in [-0.3, -0.25) is 0 Å². The number of anilines is 3. The molecule has 0 bridgehead atoms. The first kappa shape index (κ1) is 27.9. The lowest BCUT2D eigenvalue weighted by Crippen LogP contribution is -2.11. The van der Waals surface area contributed by atoms with Crippen LogP contribution in [-0.4, -0.2) is 4.57 Å². The van der Waals surface area contributed by atoms with Crippen molar-refractivity contribution in [3.8, 4) is 16.8 Å². The summed E-state index contributed by atoms with van der Waals surface area (Å²) in [5.74, 6) is 0. The number of benzene rings is 8. The first-order valence-corrected chi connectivity index (χ1v) is 17.5. The van der Waals surface area contributed by atoms with E-state index in [4.69, 9.17) is 0 Å². The zero-order valence-corrected chi connectivity index (χ0v) is 27.4. The molecule has 10 aromatic rings. The average molecular weight is 643 g/mol. The maximum absolute atomic E-state index is 2.44. The summed E-state index contributed by atoms with van der Waals surface area (Å²) in [4.78, 5) is 2.44. The SMILES string of the molecule is c1ccc(-c2ccc(N(c3ccc4cc5sc6ccccc6c5cc4c3)c3cccc4c5ccccc5n(-c5ccccc5)c34)cc2)cc1. The van der Waals surface area contributed by atoms with Crippen LogP contribution in [0.15, 0.2) is 182 Å². The third kappa shape index (κ3) is 4.55. The molecule has 3 heteroatoms. The van der Waals surface area contributed by atoms with E-state index in [1.165, 1.54) is 63.9 Å². The van der Waals surface area contributed by atoms with Gasteiger partial charge in [-0.05, 0) is 88.6 Å². The minimum atomic E-state index is 1.11. The van der Waals surface area contributed by atoms with Crippen molar-refractivity contribution in [3.63, 3.8) is 0 Å². The second kappa shape index (κ2) is 11.2. The van der Waals surface area contributed by atoms with E-state index >= 15 is 0 Å². The Kier molecular flexibility index (Phi) is 6.39. The predicted molar refractivity (Wildman–Crippen MR) is 211 cm³/mol. The van der Waals surface area contributed by atoms with E-state index in [9.17, 15) is 0 Å². The standard InChI is InChI=1S/C46H30N2S/c1-3-12-31(13-4-1)32-22-25-36(26-23-32)47(37-27-24-33-30-45-41(29-34(33)28-37)39-17-8-10-21-44(39)49-45)43-20-11-18-40-38-16-7-9-19-42(38)48(46(40)43)35-14-5-2-6-15-35/h1-30H. The van der Waals surface area contributed by atoms with Gasteiger partial charge in [-0.25, -0.2) is 0 Å². The third-order valence-corrected chi connectivity index (χ3v) is 10.9. The fraction of sp³-hybridized carbons (Fsp3) is 0. The molecule has 0 unspecified atom stereocenters. The molecule has 2 nitrogen and oxygen atoms in total. The van der Waals surface area contributed by atoms with Crippen LogP contribution >= 0.6 is 11.3 Å². The smallest absolute Gasteiger partial charge is 0.0782 e. The molecule has 0 aliphatic heterocycles. The van der Waals surface area contributed by atoms with Crippen molar-refractivity contribution in [3.05, 3.63) is 182 Å². The lowest BCUT2D eigenvalue weighted by Gasteiger charge is -2.27. The molecule has 0 amide bonds. The van der Waals surface area contributed by atoms with Gasteiger partial charge in [0.2, 0.25) is 0 Å². The fourth-order valence-corrected chi connectivity index (χ4v) is 8.62. The molecule has 0 N–H and O–H groups in total. The van der Waals surface area contributed by atoms with E-state index in [1.807, 2.05) is 11.3 Å². The maximum Gasteiger partial charge on any atom is 0.0782 e. The van der Waals surface area contributed by atoms with Gasteiger partial charge in [0.1, 0.15) is 0 Å². The minimum absolute atomic E-state index is 1.11. The number of nitrogens with zero attached hydrogens (tertiary/aromatic N) is 2. The van der Waals surface area contributed by atoms with Gasteiger partial charge < -0.3 is 9.47 Å². The summed E-state index contributed by atoms with van der Waals surface area (Å²) < 4.78 is 5.08. The summed E-state index contributed by atoms with van der Waals surface area (Å²) in [6.45, 7) is 0. The highest BCUT2D eigenvalue weighted by molar-refractivity contribution is 7.25. The molecule has 0 fully saturated rings. The molecule has 0 radical (unpaired) electrons. The highest BCUT2D eigenvalue weighted by Crippen LogP contribution is 2.45. The van der Waals surface area contributed by atoms with Crippen molar-refractivity contribution in [2.45, 2.75) is 0 Å². The maximum atomic E-state index is 2.44. The van der Waals surface area contributed by atoms with Crippen molar-refractivity contribution < 1.29 is 0 Å². The number of fused-ring (bicyclic) bond motifs is 7. The van der Waals surface area contributed by atoms with E-state index in [0.717, 1.165) is 22.7 Å². The third-order valence-electron chi connectivity index (χ3n) is 9.74. The Morgan fingerprint density at radius 3 is 1.92 bits per heavy atom. The molecule has 0 aliphatic rings. The van der Waals surface area contributed by atoms with Gasteiger partial charge in [-0.15, -0.1) is 11.3 Å². The van der Waals surface area contributed by atoms with E-state index in [1.54, 1.807) is 0 Å². The Balaban J connectivity index is 1.25. The molecule has 49 heavy (non-hydrogen) atoms. The summed E-state index contributed by atoms with van der Waals surface area (Å²) in [5, 5.41) is 7.59. The van der Waals surface area contributed by atoms with Gasteiger partial charge in [0.05, 0.1) is 16.7 Å². The number of thiophene rings is 1. The van der Waals surface area contributed by atoms with Gasteiger partial charge in [-0.2, -0.15) is 0 Å². The number of hydrogen-bond donors (Lipinski definition) is 0. The summed E-state index contributed by atoms with van der Waals surface area (Å²) in [6.07, 6.45) is 0. The molecule has 230 valence electrons. The molecule has 2 aromatic heterocycles. The van der Waals surface area contributed by atoms with E-state index in [-0.39, 0.29) is 0 Å². The first-order valence-electron chi connectivity index (χ1n) is 16.7. The van der Waals surface area contributed by atoms with E-state index in [0.29, 0.717) is 0 Å². The molecule has 8 aromatic carbocycles. The van der Waals surface area contributed by atoms with Crippen LogP contribution in [0.5, 0.6) is 0 Å². The molecular formula is C46H30N2S. The van der Waals surface area contributed by atoms with Gasteiger partial charge in [-0.1, -0.05) is 115 Å². The quantitative estimate of drug-likeness (QED) is 0.181. The van der Waals surface area contributed by atoms with E-state index < -0.39 is 0 Å². The second-order valence-electron chi connectivity index (χ2n) is 12.6. The Morgan fingerprint density at radius 1 is 0.408 bits per heavy atom. The zero-order chi connectivity index (χ0) is 32.3. The highest BCUT2D eigenvalue weighted by Gasteiger charge is 2.22. The van der Waals surface area contributed by atoms with Gasteiger partial charge in [0, 0.05) is 48.0 Å². The minimum Gasteiger partial charge on any atom is -0.308 e. The second-order valence-corrected chi connectivity index (χ2v) is 13.7. The molecule has 0 saturated heterocycles. The molecule has 0 atom stereocenters. The Labute approximate surface area is 288 Å². The van der Waals surface area contributed by atoms with Gasteiger partial charge >= 0.3 is 0 Å². The molecular weight excluding hydrogens is 613 g/mol. The van der Waals surface area contributed by atoms with Crippen LogP contribution in [-0.2, 0) is 0 Å². The monoisotopic (exact) mass is 642 g/mol. The van der Waals surface area contributed by atoms with Crippen LogP contribution in [0.4, 0.5) is 17.1 Å². The van der Waals surface area contributed by atoms with Crippen LogP contribution in [0.1, 0.15) is 0 Å². The molecule has 2 heterocycles. The molecule has 0 saturated carbocycles. The summed E-state index contributed by atoms with van der Waals surface area (Å²) in [6, 6.07) is 66.2. The van der Waals surface area contributed by atoms with Crippen molar-refractivity contribution in [1.82, 2.24) is 4.57 Å². The largest absolute Gasteiger partial charge is 0.308 e. The van der Waals surface area contributed by atoms with Crippen molar-refractivity contribution in [2.75, 3.05) is 4.90 Å². The normalized spacial score (nSPS) is 11.7. The summed E-state index contributed by atoms with van der Waals surface area (Å²) >= 11 is 1.87. The number of para-hydroxylation sites is 3. The Bertz CT molecular complexity index is 2810. The fourth-order valence-electron chi connectivity index (χ4n) is 7.48. The van der Waals surface area contributed by atoms with Crippen LogP contribution in [0, 0.1) is 0 Å². The number of aromatic nitrogens is 1.